The maximum Gasteiger partial charge on any atom is 0.422 e. The molecule has 1 aromatic heterocycles. The van der Waals surface area contributed by atoms with Crippen molar-refractivity contribution in [2.45, 2.75) is 19.6 Å². The number of para-hydroxylation sites is 1. The monoisotopic (exact) mass is 460 g/mol. The molecule has 1 aromatic carbocycles. The highest BCUT2D eigenvalue weighted by Gasteiger charge is 2.33. The van der Waals surface area contributed by atoms with Crippen LogP contribution in [0.3, 0.4) is 0 Å². The molecule has 33 heavy (non-hydrogen) atoms. The molecular weight excluding hydrogens is 441 g/mol. The predicted molar refractivity (Wildman–Crippen MR) is 109 cm³/mol. The zero-order valence-corrected chi connectivity index (χ0v) is 17.4. The van der Waals surface area contributed by atoms with Crippen LogP contribution in [0, 0.1) is 0 Å². The van der Waals surface area contributed by atoms with Crippen molar-refractivity contribution in [2.24, 2.45) is 0 Å². The molecule has 1 amide bonds. The molecule has 0 saturated carbocycles. The number of halogens is 3. The van der Waals surface area contributed by atoms with Crippen LogP contribution < -0.4 is 15.6 Å². The van der Waals surface area contributed by atoms with Crippen molar-refractivity contribution < 1.29 is 32.2 Å². The minimum absolute atomic E-state index is 0.0508. The average Bonchev–Trinajstić information content (AvgIpc) is 3.08. The normalized spacial score (nSPS) is 15.5. The van der Waals surface area contributed by atoms with E-state index >= 15 is 0 Å². The Labute approximate surface area is 186 Å². The number of carbonyl (C=O) groups is 2. The molecule has 0 fully saturated rings. The first-order valence-electron chi connectivity index (χ1n) is 9.88. The van der Waals surface area contributed by atoms with Gasteiger partial charge in [0.05, 0.1) is 12.2 Å². The summed E-state index contributed by atoms with van der Waals surface area (Å²) in [6, 6.07) is 10.0. The first kappa shape index (κ1) is 22.2. The van der Waals surface area contributed by atoms with E-state index < -0.39 is 18.8 Å². The summed E-state index contributed by atoms with van der Waals surface area (Å²) in [6.45, 7) is 0.409. The smallest absolute Gasteiger partial charge is 0.422 e. The Morgan fingerprint density at radius 2 is 1.94 bits per heavy atom. The van der Waals surface area contributed by atoms with Crippen molar-refractivity contribution in [3.8, 4) is 5.75 Å². The Bertz CT molecular complexity index is 1150. The molecule has 2 aromatic rings. The highest BCUT2D eigenvalue weighted by molar-refractivity contribution is 6.02. The molecule has 2 aliphatic rings. The summed E-state index contributed by atoms with van der Waals surface area (Å²) in [6.07, 6.45) is -1.50. The number of alkyl halides is 3. The van der Waals surface area contributed by atoms with Gasteiger partial charge in [-0.25, -0.2) is 9.78 Å². The van der Waals surface area contributed by atoms with Gasteiger partial charge in [-0.1, -0.05) is 18.2 Å². The number of rotatable bonds is 6. The van der Waals surface area contributed by atoms with Crippen molar-refractivity contribution >= 4 is 11.9 Å². The number of benzene rings is 1. The number of aromatic nitrogens is 1. The van der Waals surface area contributed by atoms with Crippen LogP contribution in [-0.2, 0) is 11.3 Å². The van der Waals surface area contributed by atoms with Crippen molar-refractivity contribution in [1.82, 2.24) is 20.7 Å². The van der Waals surface area contributed by atoms with Crippen LogP contribution in [0.1, 0.15) is 33.3 Å². The lowest BCUT2D eigenvalue weighted by Gasteiger charge is -2.25. The van der Waals surface area contributed by atoms with Gasteiger partial charge in [0.1, 0.15) is 5.75 Å². The molecule has 0 atom stereocenters. The van der Waals surface area contributed by atoms with E-state index in [1.54, 1.807) is 43.3 Å². The second-order valence-electron chi connectivity index (χ2n) is 7.39. The first-order chi connectivity index (χ1) is 15.7. The van der Waals surface area contributed by atoms with Crippen molar-refractivity contribution in [1.29, 1.82) is 0 Å². The second-order valence-corrected chi connectivity index (χ2v) is 7.39. The van der Waals surface area contributed by atoms with E-state index in [0.29, 0.717) is 28.1 Å². The van der Waals surface area contributed by atoms with E-state index in [9.17, 15) is 22.8 Å². The van der Waals surface area contributed by atoms with Gasteiger partial charge >= 0.3 is 12.1 Å². The number of allylic oxidation sites excluding steroid dienone is 2. The largest absolute Gasteiger partial charge is 0.468 e. The maximum atomic E-state index is 12.9. The Balaban J connectivity index is 1.47. The standard InChI is InChI=1S/C22H19F3N4O4/c1-13-9-14(27-28-19(13)32-12-22(23,24)25)10-29-11-17-16(20(29)30)7-8-26-18(17)21(31)33-15-5-3-2-4-6-15/h2-9,27-28H,10-12H2,1H3. The lowest BCUT2D eigenvalue weighted by molar-refractivity contribution is -0.166. The van der Waals surface area contributed by atoms with E-state index in [4.69, 9.17) is 9.47 Å². The van der Waals surface area contributed by atoms with Crippen LogP contribution in [0.15, 0.2) is 65.8 Å². The number of pyridine rings is 1. The number of ether oxygens (including phenoxy) is 2. The first-order valence-corrected chi connectivity index (χ1v) is 9.88. The Hall–Kier alpha value is -4.02. The van der Waals surface area contributed by atoms with Crippen molar-refractivity contribution in [3.63, 3.8) is 0 Å². The van der Waals surface area contributed by atoms with Crippen molar-refractivity contribution in [2.75, 3.05) is 13.2 Å². The van der Waals surface area contributed by atoms with Crippen LogP contribution in [0.4, 0.5) is 13.2 Å². The minimum atomic E-state index is -4.46. The van der Waals surface area contributed by atoms with Crippen LogP contribution in [0.25, 0.3) is 0 Å². The zero-order chi connectivity index (χ0) is 23.6. The molecule has 2 aliphatic heterocycles. The average molecular weight is 460 g/mol. The Kier molecular flexibility index (Phi) is 5.95. The lowest BCUT2D eigenvalue weighted by Crippen LogP contribution is -2.40. The van der Waals surface area contributed by atoms with Crippen LogP contribution in [0.2, 0.25) is 0 Å². The molecule has 0 spiro atoms. The van der Waals surface area contributed by atoms with E-state index in [1.807, 2.05) is 0 Å². The molecule has 0 aliphatic carbocycles. The summed E-state index contributed by atoms with van der Waals surface area (Å²) in [5.41, 5.74) is 7.13. The third kappa shape index (κ3) is 5.08. The third-order valence-corrected chi connectivity index (χ3v) is 4.90. The molecule has 0 radical (unpaired) electrons. The molecule has 2 N–H and O–H groups in total. The number of esters is 1. The number of fused-ring (bicyclic) bond motifs is 1. The summed E-state index contributed by atoms with van der Waals surface area (Å²) in [4.78, 5) is 31.1. The van der Waals surface area contributed by atoms with Gasteiger partial charge in [-0.05, 0) is 31.2 Å². The summed E-state index contributed by atoms with van der Waals surface area (Å²) >= 11 is 0. The van der Waals surface area contributed by atoms with Gasteiger partial charge in [0.25, 0.3) is 5.91 Å². The van der Waals surface area contributed by atoms with Gasteiger partial charge in [0.2, 0.25) is 5.88 Å². The highest BCUT2D eigenvalue weighted by Crippen LogP contribution is 2.27. The van der Waals surface area contributed by atoms with Gasteiger partial charge < -0.3 is 19.8 Å². The van der Waals surface area contributed by atoms with E-state index in [-0.39, 0.29) is 30.6 Å². The van der Waals surface area contributed by atoms with Crippen LogP contribution in [-0.4, -0.2) is 41.1 Å². The topological polar surface area (TPSA) is 92.8 Å². The van der Waals surface area contributed by atoms with Gasteiger partial charge in [-0.2, -0.15) is 13.2 Å². The molecule has 4 rings (SSSR count). The summed E-state index contributed by atoms with van der Waals surface area (Å²) < 4.78 is 47.2. The fourth-order valence-corrected chi connectivity index (χ4v) is 3.43. The minimum Gasteiger partial charge on any atom is -0.468 e. The van der Waals surface area contributed by atoms with Crippen molar-refractivity contribution in [3.05, 3.63) is 82.6 Å². The number of hydrazine groups is 1. The fraction of sp³-hybridized carbons (Fsp3) is 0.227. The Morgan fingerprint density at radius 1 is 1.18 bits per heavy atom. The summed E-state index contributed by atoms with van der Waals surface area (Å²) in [5, 5.41) is 0. The zero-order valence-electron chi connectivity index (χ0n) is 17.4. The van der Waals surface area contributed by atoms with E-state index in [2.05, 4.69) is 15.8 Å². The molecule has 0 saturated heterocycles. The molecule has 3 heterocycles. The molecule has 0 bridgehead atoms. The SMILES string of the molecule is CC1=C(OCC(F)(F)F)NNC(CN2Cc3c(ccnc3C(=O)Oc3ccccc3)C2=O)=C1. The van der Waals surface area contributed by atoms with Crippen LogP contribution in [0.5, 0.6) is 5.75 Å². The van der Waals surface area contributed by atoms with Gasteiger partial charge in [-0.15, -0.1) is 0 Å². The Morgan fingerprint density at radius 3 is 2.64 bits per heavy atom. The van der Waals surface area contributed by atoms with Crippen LogP contribution >= 0.6 is 0 Å². The third-order valence-electron chi connectivity index (χ3n) is 4.90. The molecular formula is C22H19F3N4O4. The predicted octanol–water partition coefficient (Wildman–Crippen LogP) is 3.06. The second kappa shape index (κ2) is 8.85. The molecule has 172 valence electrons. The molecule has 8 nitrogen and oxygen atoms in total. The quantitative estimate of drug-likeness (QED) is 0.506. The summed E-state index contributed by atoms with van der Waals surface area (Å²) in [5.74, 6) is -0.669. The summed E-state index contributed by atoms with van der Waals surface area (Å²) in [7, 11) is 0. The molecule has 11 heteroatoms. The number of nitrogens with one attached hydrogen (secondary N) is 2. The maximum absolute atomic E-state index is 12.9. The van der Waals surface area contributed by atoms with E-state index in [1.165, 1.54) is 17.2 Å². The highest BCUT2D eigenvalue weighted by atomic mass is 19.4. The molecule has 0 unspecified atom stereocenters. The van der Waals surface area contributed by atoms with E-state index in [0.717, 1.165) is 0 Å². The number of hydrogen-bond acceptors (Lipinski definition) is 7. The van der Waals surface area contributed by atoms with Gasteiger partial charge in [0, 0.05) is 29.4 Å². The van der Waals surface area contributed by atoms with Gasteiger partial charge in [0.15, 0.2) is 12.3 Å². The lowest BCUT2D eigenvalue weighted by atomic mass is 10.1. The number of nitrogens with zero attached hydrogens (tertiary/aromatic N) is 2. The van der Waals surface area contributed by atoms with Gasteiger partial charge in [-0.3, -0.25) is 10.2 Å². The number of amides is 1. The number of hydrogen-bond donors (Lipinski definition) is 2. The number of carbonyl (C=O) groups excluding carboxylic acids is 2. The fourth-order valence-electron chi connectivity index (χ4n) is 3.43.